The van der Waals surface area contributed by atoms with Crippen molar-refractivity contribution >= 4 is 21.4 Å². The SMILES string of the molecule is Cc1cc(-c2ccc(Cl)cc2)n(CC(C)(C)S(C)(=O)=O)n1. The number of benzene rings is 1. The van der Waals surface area contributed by atoms with Crippen LogP contribution in [0, 0.1) is 6.92 Å². The van der Waals surface area contributed by atoms with Gasteiger partial charge in [0.1, 0.15) is 0 Å². The zero-order valence-corrected chi connectivity index (χ0v) is 14.2. The number of hydrogen-bond acceptors (Lipinski definition) is 3. The summed E-state index contributed by atoms with van der Waals surface area (Å²) in [6.07, 6.45) is 1.26. The number of aryl methyl sites for hydroxylation is 1. The van der Waals surface area contributed by atoms with Gasteiger partial charge in [-0.15, -0.1) is 0 Å². The van der Waals surface area contributed by atoms with Gasteiger partial charge in [-0.3, -0.25) is 4.68 Å². The highest BCUT2D eigenvalue weighted by Crippen LogP contribution is 2.26. The molecule has 0 amide bonds. The first-order chi connectivity index (χ1) is 9.60. The molecule has 0 saturated heterocycles. The Bertz CT molecular complexity index is 746. The minimum Gasteiger partial charge on any atom is -0.263 e. The van der Waals surface area contributed by atoms with E-state index in [-0.39, 0.29) is 0 Å². The summed E-state index contributed by atoms with van der Waals surface area (Å²) >= 11 is 5.91. The quantitative estimate of drug-likeness (QED) is 0.866. The molecule has 0 aliphatic rings. The fourth-order valence-corrected chi connectivity index (χ4v) is 2.48. The van der Waals surface area contributed by atoms with E-state index in [9.17, 15) is 8.42 Å². The van der Waals surface area contributed by atoms with Crippen molar-refractivity contribution in [2.45, 2.75) is 32.1 Å². The summed E-state index contributed by atoms with van der Waals surface area (Å²) in [5.74, 6) is 0. The lowest BCUT2D eigenvalue weighted by Crippen LogP contribution is -2.36. The van der Waals surface area contributed by atoms with Crippen LogP contribution in [0.5, 0.6) is 0 Å². The van der Waals surface area contributed by atoms with E-state index in [1.807, 2.05) is 37.3 Å². The summed E-state index contributed by atoms with van der Waals surface area (Å²) in [7, 11) is -3.18. The number of sulfone groups is 1. The van der Waals surface area contributed by atoms with Crippen LogP contribution in [-0.4, -0.2) is 29.2 Å². The average Bonchev–Trinajstić information content (AvgIpc) is 2.69. The first-order valence-corrected chi connectivity index (χ1v) is 8.87. The van der Waals surface area contributed by atoms with E-state index in [0.717, 1.165) is 17.0 Å². The number of hydrogen-bond donors (Lipinski definition) is 0. The summed E-state index contributed by atoms with van der Waals surface area (Å²) in [5.41, 5.74) is 2.70. The van der Waals surface area contributed by atoms with Gasteiger partial charge in [-0.2, -0.15) is 5.10 Å². The van der Waals surface area contributed by atoms with Crippen molar-refractivity contribution in [1.82, 2.24) is 9.78 Å². The molecule has 1 heterocycles. The molecule has 0 spiro atoms. The van der Waals surface area contributed by atoms with Crippen LogP contribution in [0.4, 0.5) is 0 Å². The van der Waals surface area contributed by atoms with Crippen molar-refractivity contribution in [3.63, 3.8) is 0 Å². The van der Waals surface area contributed by atoms with Gasteiger partial charge in [0.25, 0.3) is 0 Å². The summed E-state index contributed by atoms with van der Waals surface area (Å²) in [5, 5.41) is 5.09. The van der Waals surface area contributed by atoms with E-state index in [4.69, 9.17) is 11.6 Å². The van der Waals surface area contributed by atoms with Crippen molar-refractivity contribution in [1.29, 1.82) is 0 Å². The third-order valence-electron chi connectivity index (χ3n) is 3.58. The Morgan fingerprint density at radius 1 is 1.24 bits per heavy atom. The second kappa shape index (κ2) is 5.46. The molecule has 6 heteroatoms. The van der Waals surface area contributed by atoms with E-state index in [0.29, 0.717) is 11.6 Å². The van der Waals surface area contributed by atoms with Crippen LogP contribution in [0.3, 0.4) is 0 Å². The number of rotatable bonds is 4. The standard InChI is InChI=1S/C15H19ClN2O2S/c1-11-9-14(12-5-7-13(16)8-6-12)18(17-11)10-15(2,3)21(4,19)20/h5-9H,10H2,1-4H3. The van der Waals surface area contributed by atoms with Crippen molar-refractivity contribution in [2.75, 3.05) is 6.26 Å². The molecule has 2 aromatic rings. The van der Waals surface area contributed by atoms with Gasteiger partial charge < -0.3 is 0 Å². The molecule has 0 aliphatic carbocycles. The van der Waals surface area contributed by atoms with Crippen molar-refractivity contribution in [2.24, 2.45) is 0 Å². The number of halogens is 1. The van der Waals surface area contributed by atoms with Crippen molar-refractivity contribution in [3.8, 4) is 11.3 Å². The Morgan fingerprint density at radius 2 is 1.81 bits per heavy atom. The predicted octanol–water partition coefficient (Wildman–Crippen LogP) is 3.34. The van der Waals surface area contributed by atoms with Gasteiger partial charge in [0.05, 0.1) is 22.7 Å². The second-order valence-electron chi connectivity index (χ2n) is 5.87. The van der Waals surface area contributed by atoms with E-state index in [2.05, 4.69) is 5.10 Å². The highest BCUT2D eigenvalue weighted by Gasteiger charge is 2.31. The smallest absolute Gasteiger partial charge is 0.154 e. The molecule has 0 bridgehead atoms. The topological polar surface area (TPSA) is 52.0 Å². The van der Waals surface area contributed by atoms with Crippen LogP contribution >= 0.6 is 11.6 Å². The lowest BCUT2D eigenvalue weighted by Gasteiger charge is -2.23. The van der Waals surface area contributed by atoms with Gasteiger partial charge in [-0.05, 0) is 44.5 Å². The van der Waals surface area contributed by atoms with Crippen molar-refractivity contribution in [3.05, 3.63) is 41.0 Å². The molecular formula is C15H19ClN2O2S. The molecule has 1 aromatic heterocycles. The Hall–Kier alpha value is -1.33. The summed E-state index contributed by atoms with van der Waals surface area (Å²) in [6, 6.07) is 9.38. The van der Waals surface area contributed by atoms with Crippen LogP contribution in [0.25, 0.3) is 11.3 Å². The highest BCUT2D eigenvalue weighted by atomic mass is 35.5. The van der Waals surface area contributed by atoms with E-state index < -0.39 is 14.6 Å². The van der Waals surface area contributed by atoms with Gasteiger partial charge in [0.15, 0.2) is 9.84 Å². The number of aromatic nitrogens is 2. The van der Waals surface area contributed by atoms with Gasteiger partial charge >= 0.3 is 0 Å². The molecule has 0 fully saturated rings. The van der Waals surface area contributed by atoms with Crippen LogP contribution in [0.15, 0.2) is 30.3 Å². The average molecular weight is 327 g/mol. The maximum atomic E-state index is 11.9. The van der Waals surface area contributed by atoms with Crippen LogP contribution in [0.1, 0.15) is 19.5 Å². The van der Waals surface area contributed by atoms with Gasteiger partial charge in [0.2, 0.25) is 0 Å². The maximum absolute atomic E-state index is 11.9. The molecule has 0 N–H and O–H groups in total. The summed E-state index contributed by atoms with van der Waals surface area (Å²) in [4.78, 5) is 0. The van der Waals surface area contributed by atoms with Crippen LogP contribution in [0.2, 0.25) is 5.02 Å². The Kier molecular flexibility index (Phi) is 4.17. The van der Waals surface area contributed by atoms with E-state index in [1.165, 1.54) is 6.26 Å². The third-order valence-corrected chi connectivity index (χ3v) is 5.97. The molecule has 0 radical (unpaired) electrons. The lowest BCUT2D eigenvalue weighted by molar-refractivity contribution is 0.478. The fraction of sp³-hybridized carbons (Fsp3) is 0.400. The maximum Gasteiger partial charge on any atom is 0.154 e. The van der Waals surface area contributed by atoms with E-state index in [1.54, 1.807) is 18.5 Å². The molecule has 21 heavy (non-hydrogen) atoms. The van der Waals surface area contributed by atoms with Gasteiger partial charge in [0, 0.05) is 11.3 Å². The second-order valence-corrected chi connectivity index (χ2v) is 8.95. The zero-order valence-electron chi connectivity index (χ0n) is 12.6. The number of nitrogens with zero attached hydrogens (tertiary/aromatic N) is 2. The predicted molar refractivity (Wildman–Crippen MR) is 86.3 cm³/mol. The summed E-state index contributed by atoms with van der Waals surface area (Å²) < 4.78 is 24.7. The molecule has 2 rings (SSSR count). The Balaban J connectivity index is 2.45. The van der Waals surface area contributed by atoms with Crippen LogP contribution in [-0.2, 0) is 16.4 Å². The van der Waals surface area contributed by atoms with Gasteiger partial charge in [-0.1, -0.05) is 23.7 Å². The molecule has 0 aliphatic heterocycles. The van der Waals surface area contributed by atoms with E-state index >= 15 is 0 Å². The Labute approximate surface area is 130 Å². The van der Waals surface area contributed by atoms with Crippen LogP contribution < -0.4 is 0 Å². The van der Waals surface area contributed by atoms with Crippen molar-refractivity contribution < 1.29 is 8.42 Å². The first-order valence-electron chi connectivity index (χ1n) is 6.60. The largest absolute Gasteiger partial charge is 0.263 e. The molecule has 0 saturated carbocycles. The fourth-order valence-electron chi connectivity index (χ4n) is 2.00. The molecule has 4 nitrogen and oxygen atoms in total. The molecule has 114 valence electrons. The molecule has 0 atom stereocenters. The summed E-state index contributed by atoms with van der Waals surface area (Å²) in [6.45, 7) is 5.62. The minimum atomic E-state index is -3.18. The third kappa shape index (κ3) is 3.47. The zero-order chi connectivity index (χ0) is 15.8. The lowest BCUT2D eigenvalue weighted by atomic mass is 10.1. The normalized spacial score (nSPS) is 12.6. The first kappa shape index (κ1) is 16.0. The molecular weight excluding hydrogens is 308 g/mol. The molecule has 0 unspecified atom stereocenters. The Morgan fingerprint density at radius 3 is 2.33 bits per heavy atom. The minimum absolute atomic E-state index is 0.303. The monoisotopic (exact) mass is 326 g/mol. The van der Waals surface area contributed by atoms with Gasteiger partial charge in [-0.25, -0.2) is 8.42 Å². The highest BCUT2D eigenvalue weighted by molar-refractivity contribution is 7.92. The molecule has 1 aromatic carbocycles.